The summed E-state index contributed by atoms with van der Waals surface area (Å²) in [5.74, 6) is 0.305. The number of hydrogen-bond acceptors (Lipinski definition) is 6. The number of nitrogen functional groups attached to an aromatic ring is 1. The number of aromatic amines is 3. The number of aromatic hydroxyl groups is 1. The summed E-state index contributed by atoms with van der Waals surface area (Å²) in [4.78, 5) is 26.2. The molecule has 9 nitrogen and oxygen atoms in total. The van der Waals surface area contributed by atoms with Gasteiger partial charge >= 0.3 is 0 Å². The van der Waals surface area contributed by atoms with Gasteiger partial charge in [-0.2, -0.15) is 10.2 Å². The average molecular weight is 396 g/mol. The second kappa shape index (κ2) is 9.36. The van der Waals surface area contributed by atoms with E-state index in [9.17, 15) is 9.59 Å². The monoisotopic (exact) mass is 396 g/mol. The van der Waals surface area contributed by atoms with E-state index in [2.05, 4.69) is 25.4 Å². The van der Waals surface area contributed by atoms with Crippen molar-refractivity contribution in [3.05, 3.63) is 62.8 Å². The Kier molecular flexibility index (Phi) is 6.91. The van der Waals surface area contributed by atoms with Gasteiger partial charge in [0.15, 0.2) is 0 Å². The molecule has 0 radical (unpaired) electrons. The summed E-state index contributed by atoms with van der Waals surface area (Å²) in [6.45, 7) is 6.04. The van der Waals surface area contributed by atoms with Crippen molar-refractivity contribution < 1.29 is 5.11 Å². The van der Waals surface area contributed by atoms with Crippen molar-refractivity contribution in [3.63, 3.8) is 0 Å². The number of anilines is 1. The highest BCUT2D eigenvalue weighted by atomic mass is 16.3. The van der Waals surface area contributed by atoms with Crippen LogP contribution in [0.3, 0.4) is 0 Å². The third-order valence-electron chi connectivity index (χ3n) is 4.04. The lowest BCUT2D eigenvalue weighted by Crippen LogP contribution is -2.20. The van der Waals surface area contributed by atoms with E-state index in [1.54, 1.807) is 18.2 Å². The van der Waals surface area contributed by atoms with Gasteiger partial charge in [0, 0.05) is 35.9 Å². The molecule has 0 aliphatic carbocycles. The first-order valence-corrected chi connectivity index (χ1v) is 9.02. The first-order chi connectivity index (χ1) is 13.9. The fraction of sp³-hybridized carbons (Fsp3) is 0.200. The molecule has 4 aromatic rings. The molecule has 152 valence electrons. The van der Waals surface area contributed by atoms with Gasteiger partial charge in [-0.3, -0.25) is 19.8 Å². The van der Waals surface area contributed by atoms with Crippen LogP contribution in [0.4, 0.5) is 11.4 Å². The van der Waals surface area contributed by atoms with E-state index >= 15 is 0 Å². The summed E-state index contributed by atoms with van der Waals surface area (Å²) in [7, 11) is 1.48. The second-order valence-corrected chi connectivity index (χ2v) is 5.83. The Morgan fingerprint density at radius 2 is 1.66 bits per heavy atom. The SMILES string of the molecule is CC.CN=Nc1ccc(N)c2c(=O)[nH][nH]c(=O)c12.Cc1c[nH]c2cc(O)ccc12. The van der Waals surface area contributed by atoms with Crippen LogP contribution in [-0.2, 0) is 0 Å². The standard InChI is InChI=1S/C9H9N5O2.C9H9NO.C2H6/c1-11-12-5-3-2-4(10)6-7(5)9(16)14-13-8(6)15;1-6-5-10-9-4-7(11)2-3-8(6)9;1-2/h2-3H,10H2,1H3,(H,13,15)(H,14,16);2-5,10-11H,1H3;1-2H3. The molecule has 4 rings (SSSR count). The van der Waals surface area contributed by atoms with E-state index in [0.717, 1.165) is 5.52 Å². The van der Waals surface area contributed by atoms with Crippen LogP contribution in [0.15, 0.2) is 56.3 Å². The number of rotatable bonds is 1. The molecule has 6 N–H and O–H groups in total. The van der Waals surface area contributed by atoms with Crippen LogP contribution < -0.4 is 16.9 Å². The highest BCUT2D eigenvalue weighted by Gasteiger charge is 2.10. The molecular weight excluding hydrogens is 372 g/mol. The van der Waals surface area contributed by atoms with Crippen LogP contribution in [-0.4, -0.2) is 27.3 Å². The van der Waals surface area contributed by atoms with Crippen LogP contribution in [0.1, 0.15) is 19.4 Å². The van der Waals surface area contributed by atoms with Gasteiger partial charge < -0.3 is 15.8 Å². The van der Waals surface area contributed by atoms with Gasteiger partial charge in [0.25, 0.3) is 11.1 Å². The van der Waals surface area contributed by atoms with Gasteiger partial charge in [-0.05, 0) is 36.8 Å². The number of azo groups is 1. The van der Waals surface area contributed by atoms with Crippen molar-refractivity contribution >= 4 is 33.1 Å². The molecule has 0 saturated heterocycles. The minimum atomic E-state index is -0.458. The van der Waals surface area contributed by atoms with Crippen molar-refractivity contribution in [1.29, 1.82) is 0 Å². The maximum atomic E-state index is 11.6. The fourth-order valence-electron chi connectivity index (χ4n) is 2.77. The third-order valence-corrected chi connectivity index (χ3v) is 4.04. The predicted molar refractivity (Wildman–Crippen MR) is 116 cm³/mol. The lowest BCUT2D eigenvalue weighted by Gasteiger charge is -2.01. The van der Waals surface area contributed by atoms with Gasteiger partial charge in [-0.1, -0.05) is 13.8 Å². The smallest absolute Gasteiger partial charge is 0.272 e. The lowest BCUT2D eigenvalue weighted by atomic mass is 10.1. The number of fused-ring (bicyclic) bond motifs is 2. The molecule has 0 saturated carbocycles. The summed E-state index contributed by atoms with van der Waals surface area (Å²) in [5.41, 5.74) is 7.48. The van der Waals surface area contributed by atoms with E-state index in [4.69, 9.17) is 10.8 Å². The van der Waals surface area contributed by atoms with Crippen LogP contribution in [0.25, 0.3) is 21.7 Å². The summed E-state index contributed by atoms with van der Waals surface area (Å²) in [6, 6.07) is 8.39. The molecule has 0 aliphatic heterocycles. The number of phenols is 1. The van der Waals surface area contributed by atoms with E-state index in [0.29, 0.717) is 11.4 Å². The molecule has 2 aromatic heterocycles. The third kappa shape index (κ3) is 4.52. The summed E-state index contributed by atoms with van der Waals surface area (Å²) < 4.78 is 0. The number of nitrogens with zero attached hydrogens (tertiary/aromatic N) is 2. The van der Waals surface area contributed by atoms with E-state index < -0.39 is 11.1 Å². The number of benzene rings is 2. The number of phenolic OH excluding ortho intramolecular Hbond substituents is 1. The van der Waals surface area contributed by atoms with Crippen LogP contribution in [0.2, 0.25) is 0 Å². The Morgan fingerprint density at radius 3 is 2.31 bits per heavy atom. The maximum absolute atomic E-state index is 11.6. The molecule has 0 atom stereocenters. The Hall–Kier alpha value is -3.88. The first-order valence-electron chi connectivity index (χ1n) is 9.02. The van der Waals surface area contributed by atoms with Crippen LogP contribution >= 0.6 is 0 Å². The van der Waals surface area contributed by atoms with Crippen molar-refractivity contribution in [2.75, 3.05) is 12.8 Å². The first kappa shape index (κ1) is 21.4. The second-order valence-electron chi connectivity index (χ2n) is 5.83. The Balaban J connectivity index is 0.000000201. The molecule has 0 aliphatic rings. The number of H-pyrrole nitrogens is 3. The number of nitrogens with one attached hydrogen (secondary N) is 3. The van der Waals surface area contributed by atoms with Crippen LogP contribution in [0.5, 0.6) is 5.75 Å². The molecule has 0 amide bonds. The highest BCUT2D eigenvalue weighted by molar-refractivity contribution is 5.98. The fourth-order valence-corrected chi connectivity index (χ4v) is 2.77. The van der Waals surface area contributed by atoms with Gasteiger partial charge in [0.05, 0.1) is 16.5 Å². The lowest BCUT2D eigenvalue weighted by molar-refractivity contribution is 0.476. The number of aromatic nitrogens is 3. The maximum Gasteiger partial charge on any atom is 0.272 e. The molecular formula is C20H24N6O3. The zero-order valence-electron chi connectivity index (χ0n) is 16.7. The molecule has 0 bridgehead atoms. The Labute approximate surface area is 166 Å². The van der Waals surface area contributed by atoms with Crippen molar-refractivity contribution in [1.82, 2.24) is 15.2 Å². The Bertz CT molecular complexity index is 1270. The van der Waals surface area contributed by atoms with Crippen molar-refractivity contribution in [2.45, 2.75) is 20.8 Å². The normalized spacial score (nSPS) is 10.5. The zero-order valence-corrected chi connectivity index (χ0v) is 16.7. The summed E-state index contributed by atoms with van der Waals surface area (Å²) >= 11 is 0. The highest BCUT2D eigenvalue weighted by Crippen LogP contribution is 2.25. The van der Waals surface area contributed by atoms with E-state index in [-0.39, 0.29) is 16.5 Å². The van der Waals surface area contributed by atoms with Crippen molar-refractivity contribution in [3.8, 4) is 5.75 Å². The van der Waals surface area contributed by atoms with E-state index in [1.165, 1.54) is 24.1 Å². The number of hydrogen-bond donors (Lipinski definition) is 5. The van der Waals surface area contributed by atoms with Crippen molar-refractivity contribution in [2.24, 2.45) is 10.2 Å². The predicted octanol–water partition coefficient (Wildman–Crippen LogP) is 3.72. The number of nitrogens with two attached hydrogens (primary N) is 1. The Morgan fingerprint density at radius 1 is 1.00 bits per heavy atom. The summed E-state index contributed by atoms with van der Waals surface area (Å²) in [5, 5.41) is 22.3. The molecule has 2 aromatic carbocycles. The molecule has 0 spiro atoms. The zero-order chi connectivity index (χ0) is 21.6. The quantitative estimate of drug-likeness (QED) is 0.246. The van der Waals surface area contributed by atoms with E-state index in [1.807, 2.05) is 33.0 Å². The van der Waals surface area contributed by atoms with Gasteiger partial charge in [0.1, 0.15) is 5.75 Å². The molecule has 0 unspecified atom stereocenters. The van der Waals surface area contributed by atoms with Crippen LogP contribution in [0, 0.1) is 6.92 Å². The minimum absolute atomic E-state index is 0.133. The van der Waals surface area contributed by atoms with Gasteiger partial charge in [0.2, 0.25) is 0 Å². The largest absolute Gasteiger partial charge is 0.508 e. The number of aryl methyl sites for hydroxylation is 1. The minimum Gasteiger partial charge on any atom is -0.508 e. The molecule has 29 heavy (non-hydrogen) atoms. The van der Waals surface area contributed by atoms with Gasteiger partial charge in [-0.25, -0.2) is 0 Å². The molecule has 9 heteroatoms. The topological polar surface area (TPSA) is 152 Å². The van der Waals surface area contributed by atoms with Gasteiger partial charge in [-0.15, -0.1) is 0 Å². The average Bonchev–Trinajstić information content (AvgIpc) is 3.08. The summed E-state index contributed by atoms with van der Waals surface area (Å²) in [6.07, 6.45) is 1.93. The molecule has 0 fully saturated rings. The molecule has 2 heterocycles.